The fourth-order valence-corrected chi connectivity index (χ4v) is 3.79. The lowest BCUT2D eigenvalue weighted by atomic mass is 10.1. The second-order valence-corrected chi connectivity index (χ2v) is 6.89. The number of fused-ring (bicyclic) bond motifs is 1. The van der Waals surface area contributed by atoms with Gasteiger partial charge in [0.1, 0.15) is 12.2 Å². The molecule has 0 saturated carbocycles. The van der Waals surface area contributed by atoms with E-state index in [2.05, 4.69) is 6.58 Å². The highest BCUT2D eigenvalue weighted by atomic mass is 16.8. The number of hydrogen-bond donors (Lipinski definition) is 0. The van der Waals surface area contributed by atoms with Gasteiger partial charge >= 0.3 is 0 Å². The Bertz CT molecular complexity index is 775. The minimum absolute atomic E-state index is 0.293. The second kappa shape index (κ2) is 9.02. The van der Waals surface area contributed by atoms with Crippen LogP contribution in [0.4, 0.5) is 0 Å². The van der Waals surface area contributed by atoms with Gasteiger partial charge in [0.15, 0.2) is 31.1 Å². The molecule has 0 aliphatic carbocycles. The predicted molar refractivity (Wildman–Crippen MR) is 102 cm³/mol. The molecule has 3 aliphatic rings. The maximum absolute atomic E-state index is 11.1. The summed E-state index contributed by atoms with van der Waals surface area (Å²) in [6.45, 7) is 6.33. The van der Waals surface area contributed by atoms with Crippen molar-refractivity contribution in [2.45, 2.75) is 50.2 Å². The van der Waals surface area contributed by atoms with Crippen LogP contribution in [0.2, 0.25) is 0 Å². The fraction of sp³-hybridized carbons (Fsp3) is 0.409. The van der Waals surface area contributed by atoms with Gasteiger partial charge in [-0.05, 0) is 6.92 Å². The Kier molecular flexibility index (Phi) is 6.22. The van der Waals surface area contributed by atoms with E-state index in [0.717, 1.165) is 11.1 Å². The first-order valence-corrected chi connectivity index (χ1v) is 9.58. The van der Waals surface area contributed by atoms with Crippen molar-refractivity contribution in [2.75, 3.05) is 6.61 Å². The average Bonchev–Trinajstić information content (AvgIpc) is 3.44. The highest BCUT2D eigenvalue weighted by Crippen LogP contribution is 2.42. The lowest BCUT2D eigenvalue weighted by Crippen LogP contribution is -2.42. The molecule has 0 bridgehead atoms. The molecule has 3 saturated heterocycles. The summed E-state index contributed by atoms with van der Waals surface area (Å²) in [5, 5.41) is 0. The van der Waals surface area contributed by atoms with Gasteiger partial charge in [0, 0.05) is 11.1 Å². The molecule has 29 heavy (non-hydrogen) atoms. The molecular formula is C22H24O7. The Hall–Kier alpha value is -2.29. The summed E-state index contributed by atoms with van der Waals surface area (Å²) in [5.41, 5.74) is 1.71. The smallest absolute Gasteiger partial charge is 0.293 e. The van der Waals surface area contributed by atoms with Crippen LogP contribution in [-0.4, -0.2) is 50.1 Å². The molecule has 3 aliphatic heterocycles. The zero-order valence-electron chi connectivity index (χ0n) is 16.1. The van der Waals surface area contributed by atoms with Crippen molar-refractivity contribution in [1.82, 2.24) is 0 Å². The highest BCUT2D eigenvalue weighted by molar-refractivity contribution is 5.38. The minimum Gasteiger partial charge on any atom is -0.459 e. The number of hydrogen-bond acceptors (Lipinski definition) is 7. The van der Waals surface area contributed by atoms with Crippen LogP contribution < -0.4 is 0 Å². The summed E-state index contributed by atoms with van der Waals surface area (Å²) in [4.78, 5) is 11.1. The number of carbonyl (C=O) groups is 1. The topological polar surface area (TPSA) is 72.5 Å². The number of benzene rings is 1. The molecule has 1 aromatic carbocycles. The van der Waals surface area contributed by atoms with E-state index in [4.69, 9.17) is 28.4 Å². The third-order valence-electron chi connectivity index (χ3n) is 5.05. The van der Waals surface area contributed by atoms with Crippen LogP contribution in [0.5, 0.6) is 0 Å². The first kappa shape index (κ1) is 20.0. The van der Waals surface area contributed by atoms with Crippen molar-refractivity contribution in [3.63, 3.8) is 0 Å². The largest absolute Gasteiger partial charge is 0.459 e. The average molecular weight is 400 g/mol. The zero-order chi connectivity index (χ0) is 20.2. The lowest BCUT2D eigenvalue weighted by Gasteiger charge is -2.25. The summed E-state index contributed by atoms with van der Waals surface area (Å²) in [6, 6.07) is 9.54. The quantitative estimate of drug-likeness (QED) is 0.515. The van der Waals surface area contributed by atoms with Crippen LogP contribution >= 0.6 is 0 Å². The molecule has 0 amide bonds. The maximum Gasteiger partial charge on any atom is 0.293 e. The molecule has 0 radical (unpaired) electrons. The monoisotopic (exact) mass is 400 g/mol. The van der Waals surface area contributed by atoms with Gasteiger partial charge in [-0.1, -0.05) is 61.2 Å². The molecule has 7 atom stereocenters. The summed E-state index contributed by atoms with van der Waals surface area (Å²) in [5.74, 6) is 0. The third-order valence-corrected chi connectivity index (χ3v) is 5.05. The van der Waals surface area contributed by atoms with Crippen LogP contribution in [0.15, 0.2) is 66.8 Å². The van der Waals surface area contributed by atoms with Gasteiger partial charge in [-0.3, -0.25) is 4.79 Å². The van der Waals surface area contributed by atoms with Gasteiger partial charge < -0.3 is 28.4 Å². The first-order valence-electron chi connectivity index (χ1n) is 9.58. The molecular weight excluding hydrogens is 376 g/mol. The first-order chi connectivity index (χ1) is 14.2. The van der Waals surface area contributed by atoms with Crippen molar-refractivity contribution in [1.29, 1.82) is 0 Å². The maximum atomic E-state index is 11.1. The normalized spacial score (nSPS) is 37.0. The Morgan fingerprint density at radius 1 is 1.14 bits per heavy atom. The SMILES string of the molecule is C=C/C=C(\C=C/C)C1OCC(C2OC3OC(c4ccccc4)OC3C2OC=O)O1. The molecule has 154 valence electrons. The molecule has 0 spiro atoms. The molecule has 7 heteroatoms. The van der Waals surface area contributed by atoms with E-state index in [0.29, 0.717) is 13.1 Å². The predicted octanol–water partition coefficient (Wildman–Crippen LogP) is 2.80. The Morgan fingerprint density at radius 2 is 1.97 bits per heavy atom. The summed E-state index contributed by atoms with van der Waals surface area (Å²) in [6.07, 6.45) is 3.32. The fourth-order valence-electron chi connectivity index (χ4n) is 3.79. The zero-order valence-corrected chi connectivity index (χ0v) is 16.1. The van der Waals surface area contributed by atoms with Crippen LogP contribution in [0.25, 0.3) is 0 Å². The lowest BCUT2D eigenvalue weighted by molar-refractivity contribution is -0.195. The van der Waals surface area contributed by atoms with Crippen molar-refractivity contribution < 1.29 is 33.2 Å². The van der Waals surface area contributed by atoms with Gasteiger partial charge in [-0.15, -0.1) is 0 Å². The van der Waals surface area contributed by atoms with E-state index in [9.17, 15) is 4.79 Å². The molecule has 0 aromatic heterocycles. The third kappa shape index (κ3) is 4.05. The van der Waals surface area contributed by atoms with E-state index in [1.165, 1.54) is 0 Å². The van der Waals surface area contributed by atoms with E-state index < -0.39 is 43.3 Å². The van der Waals surface area contributed by atoms with E-state index in [1.54, 1.807) is 6.08 Å². The van der Waals surface area contributed by atoms with E-state index in [1.807, 2.05) is 55.5 Å². The molecule has 7 nitrogen and oxygen atoms in total. The van der Waals surface area contributed by atoms with Crippen molar-refractivity contribution in [3.8, 4) is 0 Å². The van der Waals surface area contributed by atoms with Gasteiger partial charge in [0.25, 0.3) is 6.47 Å². The number of allylic oxidation sites excluding steroid dienone is 3. The molecule has 4 rings (SSSR count). The van der Waals surface area contributed by atoms with Gasteiger partial charge in [-0.2, -0.15) is 0 Å². The number of rotatable bonds is 7. The Balaban J connectivity index is 1.45. The second-order valence-electron chi connectivity index (χ2n) is 6.89. The van der Waals surface area contributed by atoms with Crippen LogP contribution in [0, 0.1) is 0 Å². The Morgan fingerprint density at radius 3 is 2.69 bits per heavy atom. The molecule has 3 fully saturated rings. The number of ether oxygens (including phenoxy) is 6. The standard InChI is InChI=1S/C22H24O7/c1-3-8-14(9-4-2)20-24-12-16(26-20)17-18(25-13-23)19-22(27-17)29-21(28-19)15-10-6-5-7-11-15/h3-11,13,16-22H,1,12H2,2H3/b9-4-,14-8+. The van der Waals surface area contributed by atoms with E-state index in [-0.39, 0.29) is 0 Å². The summed E-state index contributed by atoms with van der Waals surface area (Å²) < 4.78 is 35.1. The van der Waals surface area contributed by atoms with Crippen molar-refractivity contribution >= 4 is 6.47 Å². The summed E-state index contributed by atoms with van der Waals surface area (Å²) >= 11 is 0. The minimum atomic E-state index is -0.660. The van der Waals surface area contributed by atoms with Crippen LogP contribution in [-0.2, 0) is 33.2 Å². The highest BCUT2D eigenvalue weighted by Gasteiger charge is 2.57. The van der Waals surface area contributed by atoms with Crippen LogP contribution in [0.1, 0.15) is 18.8 Å². The van der Waals surface area contributed by atoms with Gasteiger partial charge in [-0.25, -0.2) is 0 Å². The Labute approximate surface area is 169 Å². The molecule has 3 heterocycles. The number of carbonyl (C=O) groups excluding carboxylic acids is 1. The molecule has 0 N–H and O–H groups in total. The van der Waals surface area contributed by atoms with Gasteiger partial charge in [0.05, 0.1) is 6.61 Å². The molecule has 1 aromatic rings. The van der Waals surface area contributed by atoms with Gasteiger partial charge in [0.2, 0.25) is 0 Å². The molecule has 7 unspecified atom stereocenters. The van der Waals surface area contributed by atoms with Crippen molar-refractivity contribution in [3.05, 3.63) is 72.4 Å². The van der Waals surface area contributed by atoms with E-state index >= 15 is 0 Å². The van der Waals surface area contributed by atoms with Crippen LogP contribution in [0.3, 0.4) is 0 Å². The van der Waals surface area contributed by atoms with Crippen molar-refractivity contribution in [2.24, 2.45) is 0 Å². The summed E-state index contributed by atoms with van der Waals surface area (Å²) in [7, 11) is 0.